The van der Waals surface area contributed by atoms with E-state index in [1.807, 2.05) is 6.92 Å². The van der Waals surface area contributed by atoms with Gasteiger partial charge >= 0.3 is 0 Å². The van der Waals surface area contributed by atoms with Crippen LogP contribution in [0.4, 0.5) is 5.69 Å². The van der Waals surface area contributed by atoms with E-state index in [0.29, 0.717) is 18.3 Å². The molecule has 0 bridgehead atoms. The molecule has 116 valence electrons. The average Bonchev–Trinajstić information content (AvgIpc) is 3.23. The minimum atomic E-state index is -3.61. The zero-order chi connectivity index (χ0) is 15.3. The number of anilines is 1. The first-order valence-electron chi connectivity index (χ1n) is 7.15. The van der Waals surface area contributed by atoms with Gasteiger partial charge in [-0.25, -0.2) is 13.1 Å². The summed E-state index contributed by atoms with van der Waals surface area (Å²) in [5, 5.41) is 5.84. The molecule has 0 unspecified atom stereocenters. The summed E-state index contributed by atoms with van der Waals surface area (Å²) in [7, 11) is -3.61. The van der Waals surface area contributed by atoms with Crippen molar-refractivity contribution >= 4 is 21.6 Å². The van der Waals surface area contributed by atoms with Crippen molar-refractivity contribution in [2.75, 3.05) is 18.4 Å². The second kappa shape index (κ2) is 6.91. The van der Waals surface area contributed by atoms with E-state index in [4.69, 9.17) is 0 Å². The Hall–Kier alpha value is -1.60. The van der Waals surface area contributed by atoms with Gasteiger partial charge in [-0.15, -0.1) is 0 Å². The number of nitrogens with one attached hydrogen (secondary N) is 3. The van der Waals surface area contributed by atoms with Crippen molar-refractivity contribution < 1.29 is 13.2 Å². The number of hydrogen-bond acceptors (Lipinski definition) is 4. The van der Waals surface area contributed by atoms with Gasteiger partial charge in [-0.05, 0) is 31.9 Å². The van der Waals surface area contributed by atoms with Gasteiger partial charge in [0.1, 0.15) is 4.90 Å². The molecule has 0 heterocycles. The lowest BCUT2D eigenvalue weighted by Crippen LogP contribution is -2.32. The van der Waals surface area contributed by atoms with Gasteiger partial charge < -0.3 is 10.6 Å². The van der Waals surface area contributed by atoms with Crippen LogP contribution in [-0.2, 0) is 14.8 Å². The fraction of sp³-hybridized carbons (Fsp3) is 0.500. The van der Waals surface area contributed by atoms with Gasteiger partial charge in [-0.2, -0.15) is 0 Å². The summed E-state index contributed by atoms with van der Waals surface area (Å²) in [5.74, 6) is -0.111. The molecule has 3 N–H and O–H groups in total. The molecule has 1 aromatic rings. The van der Waals surface area contributed by atoms with Crippen LogP contribution in [0.15, 0.2) is 29.2 Å². The third-order valence-electron chi connectivity index (χ3n) is 3.13. The van der Waals surface area contributed by atoms with Crippen LogP contribution in [0.2, 0.25) is 0 Å². The predicted octanol–water partition coefficient (Wildman–Crippen LogP) is 1.07. The minimum Gasteiger partial charge on any atom is -0.384 e. The van der Waals surface area contributed by atoms with Crippen molar-refractivity contribution in [3.63, 3.8) is 0 Å². The van der Waals surface area contributed by atoms with Crippen molar-refractivity contribution in [2.45, 2.75) is 37.1 Å². The van der Waals surface area contributed by atoms with Gasteiger partial charge in [0, 0.05) is 25.6 Å². The lowest BCUT2D eigenvalue weighted by atomic mass is 10.3. The summed E-state index contributed by atoms with van der Waals surface area (Å²) in [5.41, 5.74) is 0.565. The van der Waals surface area contributed by atoms with Crippen molar-refractivity contribution in [3.05, 3.63) is 24.3 Å². The average molecular weight is 311 g/mol. The molecule has 0 spiro atoms. The summed E-state index contributed by atoms with van der Waals surface area (Å²) in [6.07, 6.45) is 2.19. The maximum atomic E-state index is 12.3. The van der Waals surface area contributed by atoms with E-state index in [1.54, 1.807) is 24.3 Å². The number of benzene rings is 1. The Morgan fingerprint density at radius 3 is 2.67 bits per heavy atom. The first kappa shape index (κ1) is 15.8. The molecule has 1 amide bonds. The van der Waals surface area contributed by atoms with Crippen LogP contribution in [0.5, 0.6) is 0 Å². The van der Waals surface area contributed by atoms with Gasteiger partial charge in [0.15, 0.2) is 0 Å². The molecule has 0 atom stereocenters. The molecule has 6 nitrogen and oxygen atoms in total. The van der Waals surface area contributed by atoms with E-state index >= 15 is 0 Å². The number of sulfonamides is 1. The fourth-order valence-electron chi connectivity index (χ4n) is 1.94. The van der Waals surface area contributed by atoms with Crippen LogP contribution in [0.3, 0.4) is 0 Å². The Balaban J connectivity index is 1.93. The monoisotopic (exact) mass is 311 g/mol. The first-order valence-corrected chi connectivity index (χ1v) is 8.63. The molecule has 0 aromatic heterocycles. The largest absolute Gasteiger partial charge is 0.384 e. The molecule has 0 saturated heterocycles. The highest BCUT2D eigenvalue weighted by atomic mass is 32.2. The van der Waals surface area contributed by atoms with Gasteiger partial charge in [-0.1, -0.05) is 12.1 Å². The standard InChI is InChI=1S/C14H21N3O3S/c1-2-15-12-5-3-4-6-13(12)21(19,20)16-10-9-14(18)17-11-7-8-11/h3-6,11,15-16H,2,7-10H2,1H3,(H,17,18). The normalized spacial score (nSPS) is 14.7. The molecule has 0 aliphatic heterocycles. The molecule has 1 aromatic carbocycles. The molecule has 1 aliphatic carbocycles. The van der Waals surface area contributed by atoms with E-state index in [-0.39, 0.29) is 23.8 Å². The zero-order valence-electron chi connectivity index (χ0n) is 12.1. The zero-order valence-corrected chi connectivity index (χ0v) is 12.9. The Labute approximate surface area is 125 Å². The summed E-state index contributed by atoms with van der Waals surface area (Å²) in [4.78, 5) is 11.7. The topological polar surface area (TPSA) is 87.3 Å². The summed E-state index contributed by atoms with van der Waals surface area (Å²) >= 11 is 0. The van der Waals surface area contributed by atoms with E-state index in [9.17, 15) is 13.2 Å². The van der Waals surface area contributed by atoms with Crippen molar-refractivity contribution in [3.8, 4) is 0 Å². The third kappa shape index (κ3) is 4.71. The first-order chi connectivity index (χ1) is 10.0. The van der Waals surface area contributed by atoms with Crippen LogP contribution in [-0.4, -0.2) is 33.5 Å². The predicted molar refractivity (Wildman–Crippen MR) is 81.6 cm³/mol. The van der Waals surface area contributed by atoms with Crippen LogP contribution in [0.25, 0.3) is 0 Å². The van der Waals surface area contributed by atoms with Gasteiger partial charge in [0.05, 0.1) is 5.69 Å². The molecule has 1 aliphatic rings. The highest BCUT2D eigenvalue weighted by molar-refractivity contribution is 7.89. The van der Waals surface area contributed by atoms with Crippen LogP contribution < -0.4 is 15.4 Å². The van der Waals surface area contributed by atoms with Crippen LogP contribution >= 0.6 is 0 Å². The SMILES string of the molecule is CCNc1ccccc1S(=O)(=O)NCCC(=O)NC1CC1. The minimum absolute atomic E-state index is 0.0986. The number of carbonyl (C=O) groups excluding carboxylic acids is 1. The number of rotatable bonds is 8. The van der Waals surface area contributed by atoms with Gasteiger partial charge in [-0.3, -0.25) is 4.79 Å². The molecular weight excluding hydrogens is 290 g/mol. The highest BCUT2D eigenvalue weighted by Gasteiger charge is 2.23. The lowest BCUT2D eigenvalue weighted by Gasteiger charge is -2.12. The molecule has 0 radical (unpaired) electrons. The van der Waals surface area contributed by atoms with E-state index in [0.717, 1.165) is 12.8 Å². The maximum absolute atomic E-state index is 12.3. The highest BCUT2D eigenvalue weighted by Crippen LogP contribution is 2.20. The second-order valence-electron chi connectivity index (χ2n) is 5.02. The maximum Gasteiger partial charge on any atom is 0.242 e. The molecule has 2 rings (SSSR count). The Morgan fingerprint density at radius 2 is 2.00 bits per heavy atom. The quantitative estimate of drug-likeness (QED) is 0.670. The van der Waals surface area contributed by atoms with Crippen molar-refractivity contribution in [1.82, 2.24) is 10.0 Å². The smallest absolute Gasteiger partial charge is 0.242 e. The molecular formula is C14H21N3O3S. The third-order valence-corrected chi connectivity index (χ3v) is 4.65. The number of hydrogen-bond donors (Lipinski definition) is 3. The Kier molecular flexibility index (Phi) is 5.19. The van der Waals surface area contributed by atoms with Crippen LogP contribution in [0.1, 0.15) is 26.2 Å². The molecule has 1 fully saturated rings. The molecule has 1 saturated carbocycles. The van der Waals surface area contributed by atoms with E-state index < -0.39 is 10.0 Å². The van der Waals surface area contributed by atoms with Gasteiger partial charge in [0.2, 0.25) is 15.9 Å². The Morgan fingerprint density at radius 1 is 1.29 bits per heavy atom. The summed E-state index contributed by atoms with van der Waals surface area (Å²) < 4.78 is 27.0. The van der Waals surface area contributed by atoms with E-state index in [2.05, 4.69) is 15.4 Å². The summed E-state index contributed by atoms with van der Waals surface area (Å²) in [6, 6.07) is 7.01. The Bertz CT molecular complexity index is 597. The summed E-state index contributed by atoms with van der Waals surface area (Å²) in [6.45, 7) is 2.64. The fourth-order valence-corrected chi connectivity index (χ4v) is 3.16. The number of carbonyl (C=O) groups is 1. The lowest BCUT2D eigenvalue weighted by molar-refractivity contribution is -0.121. The van der Waals surface area contributed by atoms with Crippen LogP contribution in [0, 0.1) is 0 Å². The van der Waals surface area contributed by atoms with Crippen molar-refractivity contribution in [2.24, 2.45) is 0 Å². The van der Waals surface area contributed by atoms with E-state index in [1.165, 1.54) is 0 Å². The van der Waals surface area contributed by atoms with Gasteiger partial charge in [0.25, 0.3) is 0 Å². The number of amides is 1. The number of para-hydroxylation sites is 1. The molecule has 21 heavy (non-hydrogen) atoms. The van der Waals surface area contributed by atoms with Crippen molar-refractivity contribution in [1.29, 1.82) is 0 Å². The molecule has 7 heteroatoms. The second-order valence-corrected chi connectivity index (χ2v) is 6.75.